The third-order valence-corrected chi connectivity index (χ3v) is 4.80. The Labute approximate surface area is 136 Å². The second-order valence-corrected chi connectivity index (χ2v) is 6.56. The summed E-state index contributed by atoms with van der Waals surface area (Å²) in [5.41, 5.74) is 1.04. The van der Waals surface area contributed by atoms with Gasteiger partial charge in [0.05, 0.1) is 0 Å². The Balaban J connectivity index is 2.02. The van der Waals surface area contributed by atoms with E-state index in [4.69, 9.17) is 16.3 Å². The molecule has 1 aromatic carbocycles. The number of hydrogen-bond acceptors (Lipinski definition) is 3. The van der Waals surface area contributed by atoms with E-state index in [2.05, 4.69) is 31.3 Å². The molecule has 0 aliphatic carbocycles. The molecule has 0 fully saturated rings. The van der Waals surface area contributed by atoms with Crippen LogP contribution in [0.25, 0.3) is 0 Å². The van der Waals surface area contributed by atoms with E-state index in [9.17, 15) is 0 Å². The lowest BCUT2D eigenvalue weighted by molar-refractivity contribution is 0.305. The van der Waals surface area contributed by atoms with Crippen molar-refractivity contribution in [2.24, 2.45) is 0 Å². The lowest BCUT2D eigenvalue weighted by Crippen LogP contribution is -2.15. The van der Waals surface area contributed by atoms with Gasteiger partial charge in [0.2, 0.25) is 0 Å². The average Bonchev–Trinajstić information content (AvgIpc) is 2.95. The summed E-state index contributed by atoms with van der Waals surface area (Å²) in [5, 5.41) is 4.14. The third kappa shape index (κ3) is 4.73. The van der Waals surface area contributed by atoms with Gasteiger partial charge in [-0.3, -0.25) is 0 Å². The quantitative estimate of drug-likeness (QED) is 0.687. The summed E-state index contributed by atoms with van der Waals surface area (Å²) in [6, 6.07) is 10.2. The summed E-state index contributed by atoms with van der Waals surface area (Å²) in [5.74, 6) is 0.873. The number of aryl methyl sites for hydroxylation is 1. The lowest BCUT2D eigenvalue weighted by atomic mass is 10.2. The standard InChI is InChI=1S/C17H22ClNOS/c1-3-10-19-11-15-16(18)6-5-7-17(15)20-12-14-9-8-13(4-2)21-14/h5-9,19H,3-4,10-12H2,1-2H3. The fourth-order valence-corrected chi connectivity index (χ4v) is 3.18. The highest BCUT2D eigenvalue weighted by Crippen LogP contribution is 2.28. The van der Waals surface area contributed by atoms with Crippen LogP contribution in [0.5, 0.6) is 5.75 Å². The zero-order valence-electron chi connectivity index (χ0n) is 12.6. The molecule has 21 heavy (non-hydrogen) atoms. The fraction of sp³-hybridized carbons (Fsp3) is 0.412. The number of ether oxygens (including phenoxy) is 1. The summed E-state index contributed by atoms with van der Waals surface area (Å²) in [6.45, 7) is 6.65. The second kappa shape index (κ2) is 8.42. The van der Waals surface area contributed by atoms with Crippen molar-refractivity contribution in [3.63, 3.8) is 0 Å². The molecule has 0 radical (unpaired) electrons. The van der Waals surface area contributed by atoms with Gasteiger partial charge in [-0.15, -0.1) is 11.3 Å². The Morgan fingerprint density at radius 1 is 1.14 bits per heavy atom. The topological polar surface area (TPSA) is 21.3 Å². The molecule has 0 unspecified atom stereocenters. The number of nitrogens with one attached hydrogen (secondary N) is 1. The van der Waals surface area contributed by atoms with Crippen LogP contribution >= 0.6 is 22.9 Å². The monoisotopic (exact) mass is 323 g/mol. The first kappa shape index (κ1) is 16.3. The van der Waals surface area contributed by atoms with E-state index in [1.54, 1.807) is 0 Å². The van der Waals surface area contributed by atoms with Crippen LogP contribution < -0.4 is 10.1 Å². The Morgan fingerprint density at radius 2 is 1.95 bits per heavy atom. The van der Waals surface area contributed by atoms with Crippen LogP contribution in [0.3, 0.4) is 0 Å². The first-order valence-electron chi connectivity index (χ1n) is 7.43. The number of rotatable bonds is 8. The first-order chi connectivity index (χ1) is 10.2. The van der Waals surface area contributed by atoms with Crippen LogP contribution in [0.4, 0.5) is 0 Å². The van der Waals surface area contributed by atoms with Crippen LogP contribution in [0.15, 0.2) is 30.3 Å². The summed E-state index contributed by atoms with van der Waals surface area (Å²) < 4.78 is 5.98. The molecule has 2 rings (SSSR count). The maximum atomic E-state index is 6.30. The summed E-state index contributed by atoms with van der Waals surface area (Å²) >= 11 is 8.11. The smallest absolute Gasteiger partial charge is 0.125 e. The Hall–Kier alpha value is -1.03. The SMILES string of the molecule is CCCNCc1c(Cl)cccc1OCc1ccc(CC)s1. The molecule has 1 N–H and O–H groups in total. The predicted octanol–water partition coefficient (Wildman–Crippen LogP) is 5.04. The Kier molecular flexibility index (Phi) is 6.55. The van der Waals surface area contributed by atoms with Gasteiger partial charge in [-0.25, -0.2) is 0 Å². The molecule has 1 heterocycles. The summed E-state index contributed by atoms with van der Waals surface area (Å²) in [6.07, 6.45) is 2.18. The molecule has 0 atom stereocenters. The molecule has 0 aliphatic rings. The van der Waals surface area contributed by atoms with Crippen molar-refractivity contribution < 1.29 is 4.74 Å². The van der Waals surface area contributed by atoms with E-state index < -0.39 is 0 Å². The van der Waals surface area contributed by atoms with Crippen LogP contribution in [0.1, 0.15) is 35.6 Å². The zero-order valence-corrected chi connectivity index (χ0v) is 14.2. The fourth-order valence-electron chi connectivity index (χ4n) is 2.07. The van der Waals surface area contributed by atoms with E-state index in [0.29, 0.717) is 6.61 Å². The molecule has 114 valence electrons. The molecule has 0 saturated carbocycles. The number of benzene rings is 1. The lowest BCUT2D eigenvalue weighted by Gasteiger charge is -2.13. The van der Waals surface area contributed by atoms with Crippen molar-refractivity contribution >= 4 is 22.9 Å². The summed E-state index contributed by atoms with van der Waals surface area (Å²) in [4.78, 5) is 2.64. The molecule has 0 aliphatic heterocycles. The Morgan fingerprint density at radius 3 is 2.67 bits per heavy atom. The van der Waals surface area contributed by atoms with Crippen LogP contribution in [0, 0.1) is 0 Å². The van der Waals surface area contributed by atoms with Gasteiger partial charge in [0.15, 0.2) is 0 Å². The number of halogens is 1. The minimum atomic E-state index is 0.603. The molecular formula is C17H22ClNOS. The third-order valence-electron chi connectivity index (χ3n) is 3.24. The first-order valence-corrected chi connectivity index (χ1v) is 8.62. The molecule has 0 amide bonds. The van der Waals surface area contributed by atoms with Crippen molar-refractivity contribution in [3.05, 3.63) is 50.7 Å². The minimum absolute atomic E-state index is 0.603. The molecule has 1 aromatic heterocycles. The largest absolute Gasteiger partial charge is 0.488 e. The normalized spacial score (nSPS) is 10.8. The van der Waals surface area contributed by atoms with Crippen LogP contribution in [-0.4, -0.2) is 6.54 Å². The molecule has 2 nitrogen and oxygen atoms in total. The van der Waals surface area contributed by atoms with E-state index >= 15 is 0 Å². The highest BCUT2D eigenvalue weighted by Gasteiger charge is 2.09. The van der Waals surface area contributed by atoms with Gasteiger partial charge in [-0.2, -0.15) is 0 Å². The van der Waals surface area contributed by atoms with Gasteiger partial charge in [0.1, 0.15) is 12.4 Å². The zero-order chi connectivity index (χ0) is 15.1. The molecule has 0 spiro atoms. The van der Waals surface area contributed by atoms with Crippen molar-refractivity contribution in [2.75, 3.05) is 6.54 Å². The predicted molar refractivity (Wildman–Crippen MR) is 91.5 cm³/mol. The highest BCUT2D eigenvalue weighted by atomic mass is 35.5. The van der Waals surface area contributed by atoms with Gasteiger partial charge >= 0.3 is 0 Å². The molecule has 0 saturated heterocycles. The maximum absolute atomic E-state index is 6.30. The van der Waals surface area contributed by atoms with Gasteiger partial charge < -0.3 is 10.1 Å². The van der Waals surface area contributed by atoms with Gasteiger partial charge in [-0.05, 0) is 43.7 Å². The van der Waals surface area contributed by atoms with Gasteiger partial charge in [0.25, 0.3) is 0 Å². The highest BCUT2D eigenvalue weighted by molar-refractivity contribution is 7.11. The maximum Gasteiger partial charge on any atom is 0.125 e. The molecule has 2 aromatic rings. The minimum Gasteiger partial charge on any atom is -0.488 e. The van der Waals surface area contributed by atoms with Crippen LogP contribution in [0.2, 0.25) is 5.02 Å². The van der Waals surface area contributed by atoms with Crippen molar-refractivity contribution in [1.82, 2.24) is 5.32 Å². The van der Waals surface area contributed by atoms with Gasteiger partial charge in [-0.1, -0.05) is 31.5 Å². The molecular weight excluding hydrogens is 302 g/mol. The van der Waals surface area contributed by atoms with Crippen molar-refractivity contribution in [1.29, 1.82) is 0 Å². The van der Waals surface area contributed by atoms with E-state index in [1.807, 2.05) is 29.5 Å². The average molecular weight is 324 g/mol. The van der Waals surface area contributed by atoms with E-state index in [-0.39, 0.29) is 0 Å². The molecule has 0 bridgehead atoms. The van der Waals surface area contributed by atoms with E-state index in [0.717, 1.165) is 42.3 Å². The van der Waals surface area contributed by atoms with E-state index in [1.165, 1.54) is 9.75 Å². The Bertz CT molecular complexity index is 568. The van der Waals surface area contributed by atoms with Crippen molar-refractivity contribution in [2.45, 2.75) is 39.8 Å². The van der Waals surface area contributed by atoms with Gasteiger partial charge in [0, 0.05) is 26.9 Å². The van der Waals surface area contributed by atoms with Crippen molar-refractivity contribution in [3.8, 4) is 5.75 Å². The molecule has 4 heteroatoms. The number of hydrogen-bond donors (Lipinski definition) is 1. The number of thiophene rings is 1. The van der Waals surface area contributed by atoms with Crippen LogP contribution in [-0.2, 0) is 19.6 Å². The second-order valence-electron chi connectivity index (χ2n) is 4.90. The summed E-state index contributed by atoms with van der Waals surface area (Å²) in [7, 11) is 0.